The Morgan fingerprint density at radius 2 is 0.725 bits per heavy atom. The monoisotopic (exact) mass is 727 g/mol. The highest BCUT2D eigenvalue weighted by Crippen LogP contribution is 2.19. The molecule has 0 heterocycles. The minimum Gasteiger partial charge on any atom is -0.455 e. The molecule has 0 unspecified atom stereocenters. The number of carbonyl (C=O) groups excluding carboxylic acids is 3. The molecule has 4 atom stereocenters. The third-order valence-electron chi connectivity index (χ3n) is 10.1. The van der Waals surface area contributed by atoms with Gasteiger partial charge in [-0.05, 0) is 19.8 Å². The van der Waals surface area contributed by atoms with Crippen molar-refractivity contribution in [2.24, 2.45) is 0 Å². The van der Waals surface area contributed by atoms with Crippen molar-refractivity contribution in [3.8, 4) is 0 Å². The number of carbonyl (C=O) groups is 3. The fourth-order valence-corrected chi connectivity index (χ4v) is 6.71. The Morgan fingerprint density at radius 3 is 1.00 bits per heavy atom. The number of esters is 2. The second-order valence-electron chi connectivity index (χ2n) is 15.1. The molecule has 0 aliphatic heterocycles. The lowest BCUT2D eigenvalue weighted by molar-refractivity contribution is -0.187. The number of aliphatic hydroxyl groups excluding tert-OH is 3. The average Bonchev–Trinajstić information content (AvgIpc) is 3.12. The first-order chi connectivity index (χ1) is 24.8. The van der Waals surface area contributed by atoms with Gasteiger partial charge in [-0.2, -0.15) is 0 Å². The second kappa shape index (κ2) is 36.8. The zero-order valence-electron chi connectivity index (χ0n) is 33.5. The molecule has 0 aromatic rings. The van der Waals surface area contributed by atoms with Crippen molar-refractivity contribution < 1.29 is 39.2 Å². The van der Waals surface area contributed by atoms with Crippen molar-refractivity contribution in [2.45, 2.75) is 251 Å². The molecule has 3 N–H and O–H groups in total. The van der Waals surface area contributed by atoms with E-state index in [1.54, 1.807) is 0 Å². The van der Waals surface area contributed by atoms with Crippen LogP contribution < -0.4 is 0 Å². The fraction of sp³-hybridized carbons (Fsp3) is 0.930. The van der Waals surface area contributed by atoms with E-state index in [1.165, 1.54) is 148 Å². The summed E-state index contributed by atoms with van der Waals surface area (Å²) in [6, 6.07) is 0. The molecule has 0 amide bonds. The van der Waals surface area contributed by atoms with E-state index in [2.05, 4.69) is 13.8 Å². The van der Waals surface area contributed by atoms with Gasteiger partial charge in [0.25, 0.3) is 0 Å². The normalized spacial score (nSPS) is 13.8. The molecular formula is C43H82O8. The van der Waals surface area contributed by atoms with Crippen LogP contribution in [0.2, 0.25) is 0 Å². The number of hydrogen-bond donors (Lipinski definition) is 3. The molecule has 0 aromatic heterocycles. The van der Waals surface area contributed by atoms with Crippen LogP contribution in [0.4, 0.5) is 0 Å². The predicted molar refractivity (Wildman–Crippen MR) is 209 cm³/mol. The van der Waals surface area contributed by atoms with Crippen molar-refractivity contribution in [3.05, 3.63) is 0 Å². The molecule has 0 aromatic carbocycles. The van der Waals surface area contributed by atoms with Gasteiger partial charge in [0.2, 0.25) is 0 Å². The summed E-state index contributed by atoms with van der Waals surface area (Å²) in [6.45, 7) is 4.89. The molecule has 0 saturated heterocycles. The summed E-state index contributed by atoms with van der Waals surface area (Å²) in [4.78, 5) is 37.9. The van der Waals surface area contributed by atoms with E-state index in [4.69, 9.17) is 9.47 Å². The van der Waals surface area contributed by atoms with E-state index in [1.807, 2.05) is 0 Å². The first-order valence-electron chi connectivity index (χ1n) is 21.6. The molecule has 0 bridgehead atoms. The van der Waals surface area contributed by atoms with E-state index in [0.717, 1.165) is 38.5 Å². The highest BCUT2D eigenvalue weighted by atomic mass is 16.6. The van der Waals surface area contributed by atoms with Crippen LogP contribution in [-0.2, 0) is 23.9 Å². The lowest BCUT2D eigenvalue weighted by atomic mass is 10.00. The summed E-state index contributed by atoms with van der Waals surface area (Å²) in [6.07, 6.45) is 29.9. The SMILES string of the molecule is CCCCCCCCCCCCCCCCCC(=O)O[C@@H]([C@H](O)[C@H](O)CO)[C@@H](OC(=O)CCCCCCCCCCCCCCCCC)C(C)=O. The average molecular weight is 727 g/mol. The van der Waals surface area contributed by atoms with Gasteiger partial charge >= 0.3 is 11.9 Å². The summed E-state index contributed by atoms with van der Waals surface area (Å²) in [5, 5.41) is 30.2. The van der Waals surface area contributed by atoms with Gasteiger partial charge in [-0.15, -0.1) is 0 Å². The summed E-state index contributed by atoms with van der Waals surface area (Å²) in [7, 11) is 0. The number of unbranched alkanes of at least 4 members (excludes halogenated alkanes) is 28. The minimum atomic E-state index is -1.78. The van der Waals surface area contributed by atoms with Crippen LogP contribution >= 0.6 is 0 Å². The molecule has 0 radical (unpaired) electrons. The van der Waals surface area contributed by atoms with E-state index in [0.29, 0.717) is 12.8 Å². The van der Waals surface area contributed by atoms with E-state index >= 15 is 0 Å². The maximum atomic E-state index is 12.7. The maximum absolute atomic E-state index is 12.7. The summed E-state index contributed by atoms with van der Waals surface area (Å²) < 4.78 is 10.9. The number of ketones is 1. The molecule has 0 aliphatic rings. The van der Waals surface area contributed by atoms with E-state index in [9.17, 15) is 29.7 Å². The van der Waals surface area contributed by atoms with Gasteiger partial charge < -0.3 is 24.8 Å². The van der Waals surface area contributed by atoms with Crippen LogP contribution in [0, 0.1) is 0 Å². The van der Waals surface area contributed by atoms with Crippen LogP contribution in [0.15, 0.2) is 0 Å². The van der Waals surface area contributed by atoms with Gasteiger partial charge in [0.15, 0.2) is 18.0 Å². The number of ether oxygens (including phenoxy) is 2. The minimum absolute atomic E-state index is 0.0917. The zero-order chi connectivity index (χ0) is 37.8. The van der Waals surface area contributed by atoms with Gasteiger partial charge in [0, 0.05) is 12.8 Å². The van der Waals surface area contributed by atoms with Gasteiger partial charge in [0.1, 0.15) is 12.2 Å². The van der Waals surface area contributed by atoms with Gasteiger partial charge in [-0.3, -0.25) is 14.4 Å². The molecular weight excluding hydrogens is 644 g/mol. The van der Waals surface area contributed by atoms with Crippen LogP contribution in [0.5, 0.6) is 0 Å². The molecule has 8 nitrogen and oxygen atoms in total. The quantitative estimate of drug-likeness (QED) is 0.0421. The molecule has 0 fully saturated rings. The first kappa shape index (κ1) is 49.5. The summed E-state index contributed by atoms with van der Waals surface area (Å²) >= 11 is 0. The van der Waals surface area contributed by atoms with E-state index in [-0.39, 0.29) is 12.8 Å². The third-order valence-corrected chi connectivity index (χ3v) is 10.1. The van der Waals surface area contributed by atoms with Crippen LogP contribution in [-0.4, -0.2) is 64.1 Å². The Kier molecular flexibility index (Phi) is 35.7. The Hall–Kier alpha value is -1.51. The Balaban J connectivity index is 4.30. The maximum Gasteiger partial charge on any atom is 0.306 e. The standard InChI is InChI=1S/C43H82O8/c1-4-6-8-10-12-14-16-18-20-22-24-26-28-30-32-34-39(47)50-42(37(3)45)43(41(49)38(46)36-44)51-40(48)35-33-31-29-27-25-23-21-19-17-15-13-11-9-7-5-2/h38,41-44,46,49H,4-36H2,1-3H3/t38-,41-,42+,43+/m1/s1. The molecule has 0 rings (SSSR count). The molecule has 302 valence electrons. The van der Waals surface area contributed by atoms with Crippen molar-refractivity contribution in [1.29, 1.82) is 0 Å². The third kappa shape index (κ3) is 30.6. The molecule has 51 heavy (non-hydrogen) atoms. The predicted octanol–water partition coefficient (Wildman–Crippen LogP) is 10.6. The van der Waals surface area contributed by atoms with Gasteiger partial charge in [-0.1, -0.05) is 194 Å². The Labute approximate surface area is 313 Å². The molecule has 0 aliphatic carbocycles. The van der Waals surface area contributed by atoms with Gasteiger partial charge in [-0.25, -0.2) is 0 Å². The Morgan fingerprint density at radius 1 is 0.451 bits per heavy atom. The topological polar surface area (TPSA) is 130 Å². The molecule has 0 saturated carbocycles. The lowest BCUT2D eigenvalue weighted by Gasteiger charge is -2.30. The van der Waals surface area contributed by atoms with Crippen molar-refractivity contribution >= 4 is 17.7 Å². The van der Waals surface area contributed by atoms with Crippen LogP contribution in [0.25, 0.3) is 0 Å². The van der Waals surface area contributed by atoms with Gasteiger partial charge in [0.05, 0.1) is 6.61 Å². The molecule has 8 heteroatoms. The summed E-state index contributed by atoms with van der Waals surface area (Å²) in [5.74, 6) is -1.85. The number of Topliss-reactive ketones (excluding diaryl/α,β-unsaturated/α-hetero) is 1. The highest BCUT2D eigenvalue weighted by molar-refractivity contribution is 5.84. The van der Waals surface area contributed by atoms with Crippen LogP contribution in [0.1, 0.15) is 226 Å². The zero-order valence-corrected chi connectivity index (χ0v) is 33.5. The van der Waals surface area contributed by atoms with Crippen molar-refractivity contribution in [2.75, 3.05) is 6.61 Å². The largest absolute Gasteiger partial charge is 0.455 e. The van der Waals surface area contributed by atoms with E-state index < -0.39 is 48.7 Å². The lowest BCUT2D eigenvalue weighted by Crippen LogP contribution is -2.52. The molecule has 0 spiro atoms. The highest BCUT2D eigenvalue weighted by Gasteiger charge is 2.40. The summed E-state index contributed by atoms with van der Waals surface area (Å²) in [5.41, 5.74) is 0. The first-order valence-corrected chi connectivity index (χ1v) is 21.6. The number of rotatable bonds is 39. The van der Waals surface area contributed by atoms with Crippen LogP contribution in [0.3, 0.4) is 0 Å². The number of hydrogen-bond acceptors (Lipinski definition) is 8. The smallest absolute Gasteiger partial charge is 0.306 e. The van der Waals surface area contributed by atoms with Crippen molar-refractivity contribution in [1.82, 2.24) is 0 Å². The Bertz CT molecular complexity index is 803. The fourth-order valence-electron chi connectivity index (χ4n) is 6.71. The number of aliphatic hydroxyl groups is 3. The second-order valence-corrected chi connectivity index (χ2v) is 15.1. The van der Waals surface area contributed by atoms with Crippen molar-refractivity contribution in [3.63, 3.8) is 0 Å².